The van der Waals surface area contributed by atoms with Gasteiger partial charge < -0.3 is 14.5 Å². The van der Waals surface area contributed by atoms with E-state index >= 15 is 0 Å². The SMILES string of the molecule is CC(C)(Oc1ccc(C2CC2(Cl)Cl)cc1)C(=O)NCc1ccco1. The quantitative estimate of drug-likeness (QED) is 0.769. The maximum atomic E-state index is 12.3. The first-order valence-corrected chi connectivity index (χ1v) is 8.51. The Bertz CT molecular complexity index is 708. The second-order valence-electron chi connectivity index (χ2n) is 6.46. The lowest BCUT2D eigenvalue weighted by Gasteiger charge is -2.25. The lowest BCUT2D eigenvalue weighted by atomic mass is 10.1. The van der Waals surface area contributed by atoms with Crippen LogP contribution in [0, 0.1) is 0 Å². The molecule has 4 nitrogen and oxygen atoms in total. The molecule has 128 valence electrons. The highest BCUT2D eigenvalue weighted by atomic mass is 35.5. The summed E-state index contributed by atoms with van der Waals surface area (Å²) in [7, 11) is 0. The van der Waals surface area contributed by atoms with Gasteiger partial charge in [0.15, 0.2) is 5.60 Å². The van der Waals surface area contributed by atoms with Crippen LogP contribution in [-0.2, 0) is 11.3 Å². The highest BCUT2D eigenvalue weighted by Gasteiger charge is 2.52. The van der Waals surface area contributed by atoms with Gasteiger partial charge in [-0.3, -0.25) is 4.79 Å². The van der Waals surface area contributed by atoms with Crippen molar-refractivity contribution in [1.29, 1.82) is 0 Å². The maximum Gasteiger partial charge on any atom is 0.263 e. The molecule has 1 N–H and O–H groups in total. The summed E-state index contributed by atoms with van der Waals surface area (Å²) in [5.74, 6) is 1.26. The molecule has 1 aliphatic rings. The molecule has 1 aromatic heterocycles. The number of hydrogen-bond acceptors (Lipinski definition) is 3. The van der Waals surface area contributed by atoms with Gasteiger partial charge in [-0.1, -0.05) is 12.1 Å². The molecule has 0 spiro atoms. The second kappa shape index (κ2) is 6.34. The first-order valence-electron chi connectivity index (χ1n) is 7.75. The molecular formula is C18H19Cl2NO3. The smallest absolute Gasteiger partial charge is 0.263 e. The molecule has 1 aliphatic carbocycles. The van der Waals surface area contributed by atoms with Crippen LogP contribution in [0.1, 0.15) is 37.5 Å². The molecule has 1 amide bonds. The third kappa shape index (κ3) is 3.87. The fourth-order valence-electron chi connectivity index (χ4n) is 2.48. The third-order valence-corrected chi connectivity index (χ3v) is 4.87. The summed E-state index contributed by atoms with van der Waals surface area (Å²) in [5, 5.41) is 2.80. The Morgan fingerprint density at radius 3 is 2.54 bits per heavy atom. The van der Waals surface area contributed by atoms with E-state index in [1.807, 2.05) is 24.3 Å². The summed E-state index contributed by atoms with van der Waals surface area (Å²) in [6.45, 7) is 3.77. The Kier molecular flexibility index (Phi) is 4.54. The van der Waals surface area contributed by atoms with Crippen LogP contribution in [0.15, 0.2) is 47.1 Å². The van der Waals surface area contributed by atoms with Crippen molar-refractivity contribution in [2.75, 3.05) is 0 Å². The number of nitrogens with one attached hydrogen (secondary N) is 1. The molecule has 0 aliphatic heterocycles. The van der Waals surface area contributed by atoms with Gasteiger partial charge in [0, 0.05) is 5.92 Å². The van der Waals surface area contributed by atoms with Gasteiger partial charge >= 0.3 is 0 Å². The number of ether oxygens (including phenoxy) is 1. The monoisotopic (exact) mass is 367 g/mol. The zero-order valence-electron chi connectivity index (χ0n) is 13.5. The van der Waals surface area contributed by atoms with Crippen molar-refractivity contribution >= 4 is 29.1 Å². The largest absolute Gasteiger partial charge is 0.478 e. The van der Waals surface area contributed by atoms with Crippen LogP contribution in [0.2, 0.25) is 0 Å². The van der Waals surface area contributed by atoms with Crippen LogP contribution < -0.4 is 10.1 Å². The Morgan fingerprint density at radius 1 is 1.33 bits per heavy atom. The molecule has 2 aromatic rings. The molecule has 24 heavy (non-hydrogen) atoms. The summed E-state index contributed by atoms with van der Waals surface area (Å²) in [6, 6.07) is 11.1. The molecular weight excluding hydrogens is 349 g/mol. The molecule has 6 heteroatoms. The van der Waals surface area contributed by atoms with Crippen LogP contribution in [0.4, 0.5) is 0 Å². The number of carbonyl (C=O) groups excluding carboxylic acids is 1. The van der Waals surface area contributed by atoms with E-state index in [1.54, 1.807) is 32.2 Å². The average Bonchev–Trinajstić information content (AvgIpc) is 2.94. The van der Waals surface area contributed by atoms with E-state index in [1.165, 1.54) is 0 Å². The van der Waals surface area contributed by atoms with Gasteiger partial charge in [0.2, 0.25) is 0 Å². The predicted octanol–water partition coefficient (Wildman–Crippen LogP) is 4.41. The molecule has 0 bridgehead atoms. The van der Waals surface area contributed by atoms with Gasteiger partial charge in [-0.15, -0.1) is 23.2 Å². The first-order chi connectivity index (χ1) is 11.3. The van der Waals surface area contributed by atoms with E-state index in [4.69, 9.17) is 32.4 Å². The van der Waals surface area contributed by atoms with Gasteiger partial charge in [-0.25, -0.2) is 0 Å². The van der Waals surface area contributed by atoms with Crippen molar-refractivity contribution in [1.82, 2.24) is 5.32 Å². The minimum atomic E-state index is -1.00. The standard InChI is InChI=1S/C18H19Cl2NO3/c1-17(2,16(22)21-11-14-4-3-9-23-14)24-13-7-5-12(6-8-13)15-10-18(15,19)20/h3-9,15H,10-11H2,1-2H3,(H,21,22). The highest BCUT2D eigenvalue weighted by molar-refractivity contribution is 6.51. The van der Waals surface area contributed by atoms with E-state index in [0.29, 0.717) is 18.1 Å². The van der Waals surface area contributed by atoms with Gasteiger partial charge in [-0.05, 0) is 50.1 Å². The van der Waals surface area contributed by atoms with Crippen molar-refractivity contribution in [3.63, 3.8) is 0 Å². The maximum absolute atomic E-state index is 12.3. The van der Waals surface area contributed by atoms with Crippen LogP contribution >= 0.6 is 23.2 Å². The van der Waals surface area contributed by atoms with Gasteiger partial charge in [0.05, 0.1) is 12.8 Å². The van der Waals surface area contributed by atoms with Crippen LogP contribution in [0.3, 0.4) is 0 Å². The van der Waals surface area contributed by atoms with Crippen molar-refractivity contribution in [3.8, 4) is 5.75 Å². The summed E-state index contributed by atoms with van der Waals surface area (Å²) >= 11 is 12.2. The summed E-state index contributed by atoms with van der Waals surface area (Å²) in [6.07, 6.45) is 2.33. The summed E-state index contributed by atoms with van der Waals surface area (Å²) in [4.78, 5) is 12.3. The molecule has 1 fully saturated rings. The predicted molar refractivity (Wildman–Crippen MR) is 93.5 cm³/mol. The number of amides is 1. The van der Waals surface area contributed by atoms with Gasteiger partial charge in [-0.2, -0.15) is 0 Å². The molecule has 1 atom stereocenters. The summed E-state index contributed by atoms with van der Waals surface area (Å²) < 4.78 is 10.4. The average molecular weight is 368 g/mol. The van der Waals surface area contributed by atoms with E-state index < -0.39 is 9.93 Å². The van der Waals surface area contributed by atoms with Crippen molar-refractivity contribution < 1.29 is 13.9 Å². The Hall–Kier alpha value is -1.65. The minimum Gasteiger partial charge on any atom is -0.478 e. The minimum absolute atomic E-state index is 0.166. The first kappa shape index (κ1) is 17.2. The van der Waals surface area contributed by atoms with Crippen molar-refractivity contribution in [2.45, 2.75) is 42.7 Å². The van der Waals surface area contributed by atoms with E-state index in [0.717, 1.165) is 12.0 Å². The molecule has 1 saturated carbocycles. The third-order valence-electron chi connectivity index (χ3n) is 4.03. The molecule has 1 aromatic carbocycles. The zero-order chi connectivity index (χ0) is 17.4. The molecule has 0 saturated heterocycles. The molecule has 1 heterocycles. The van der Waals surface area contributed by atoms with E-state index in [2.05, 4.69) is 5.32 Å². The fraction of sp³-hybridized carbons (Fsp3) is 0.389. The highest BCUT2D eigenvalue weighted by Crippen LogP contribution is 2.59. The van der Waals surface area contributed by atoms with Crippen molar-refractivity contribution in [2.24, 2.45) is 0 Å². The number of carbonyl (C=O) groups is 1. The normalized spacial score (nSPS) is 18.9. The molecule has 3 rings (SSSR count). The fourth-order valence-corrected chi connectivity index (χ4v) is 3.04. The number of furan rings is 1. The lowest BCUT2D eigenvalue weighted by molar-refractivity contribution is -0.134. The Labute approximate surface area is 151 Å². The van der Waals surface area contributed by atoms with Crippen LogP contribution in [-0.4, -0.2) is 15.8 Å². The van der Waals surface area contributed by atoms with Gasteiger partial charge in [0.25, 0.3) is 5.91 Å². The molecule has 0 radical (unpaired) electrons. The van der Waals surface area contributed by atoms with Crippen LogP contribution in [0.5, 0.6) is 5.75 Å². The Morgan fingerprint density at radius 2 is 2.00 bits per heavy atom. The Balaban J connectivity index is 1.58. The van der Waals surface area contributed by atoms with E-state index in [9.17, 15) is 4.79 Å². The second-order valence-corrected chi connectivity index (χ2v) is 8.00. The molecule has 1 unspecified atom stereocenters. The lowest BCUT2D eigenvalue weighted by Crippen LogP contribution is -2.46. The van der Waals surface area contributed by atoms with E-state index in [-0.39, 0.29) is 11.8 Å². The van der Waals surface area contributed by atoms with Crippen molar-refractivity contribution in [3.05, 3.63) is 54.0 Å². The number of hydrogen-bond donors (Lipinski definition) is 1. The number of rotatable bonds is 6. The van der Waals surface area contributed by atoms with Gasteiger partial charge in [0.1, 0.15) is 15.8 Å². The summed E-state index contributed by atoms with van der Waals surface area (Å²) in [5.41, 5.74) is 0.0728. The zero-order valence-corrected chi connectivity index (χ0v) is 15.0. The van der Waals surface area contributed by atoms with Crippen LogP contribution in [0.25, 0.3) is 0 Å². The number of halogens is 2. The number of benzene rings is 1. The number of alkyl halides is 2. The topological polar surface area (TPSA) is 51.5 Å².